The number of rotatable bonds is 5. The van der Waals surface area contributed by atoms with Crippen molar-refractivity contribution >= 4 is 17.5 Å². The van der Waals surface area contributed by atoms with Gasteiger partial charge in [-0.15, -0.1) is 0 Å². The van der Waals surface area contributed by atoms with E-state index < -0.39 is 0 Å². The van der Waals surface area contributed by atoms with Crippen LogP contribution in [-0.4, -0.2) is 58.1 Å². The zero-order valence-corrected chi connectivity index (χ0v) is 15.6. The summed E-state index contributed by atoms with van der Waals surface area (Å²) in [6.07, 6.45) is 7.41. The highest BCUT2D eigenvalue weighted by Crippen LogP contribution is 2.34. The third-order valence-corrected chi connectivity index (χ3v) is 5.74. The highest BCUT2D eigenvalue weighted by atomic mass is 16.5. The van der Waals surface area contributed by atoms with E-state index in [1.165, 1.54) is 19.1 Å². The first kappa shape index (κ1) is 16.7. The van der Waals surface area contributed by atoms with Crippen LogP contribution in [0.5, 0.6) is 0 Å². The maximum Gasteiger partial charge on any atom is 0.158 e. The molecule has 3 aliphatic rings. The number of fused-ring (bicyclic) bond motifs is 1. The Labute approximate surface area is 158 Å². The molecule has 5 rings (SSSR count). The molecular weight excluding hydrogens is 342 g/mol. The first-order chi connectivity index (χ1) is 13.2. The van der Waals surface area contributed by atoms with E-state index >= 15 is 0 Å². The van der Waals surface area contributed by atoms with Crippen molar-refractivity contribution in [1.29, 1.82) is 5.41 Å². The van der Waals surface area contributed by atoms with Crippen molar-refractivity contribution < 1.29 is 4.74 Å². The molecule has 8 heteroatoms. The van der Waals surface area contributed by atoms with Crippen molar-refractivity contribution in [2.24, 2.45) is 0 Å². The minimum Gasteiger partial charge on any atom is -0.384 e. The summed E-state index contributed by atoms with van der Waals surface area (Å²) in [5.74, 6) is 2.13. The molecule has 1 atom stereocenters. The van der Waals surface area contributed by atoms with Crippen LogP contribution in [0.25, 0.3) is 5.52 Å². The van der Waals surface area contributed by atoms with Gasteiger partial charge in [-0.3, -0.25) is 0 Å². The maximum atomic E-state index is 7.75. The Bertz CT molecular complexity index is 908. The Morgan fingerprint density at radius 1 is 1.33 bits per heavy atom. The Morgan fingerprint density at radius 3 is 2.96 bits per heavy atom. The van der Waals surface area contributed by atoms with Gasteiger partial charge >= 0.3 is 0 Å². The zero-order chi connectivity index (χ0) is 18.4. The van der Waals surface area contributed by atoms with Gasteiger partial charge in [-0.05, 0) is 38.2 Å². The third kappa shape index (κ3) is 2.97. The van der Waals surface area contributed by atoms with Crippen LogP contribution < -0.4 is 10.2 Å². The normalized spacial score (nSPS) is 23.3. The molecule has 4 heterocycles. The van der Waals surface area contributed by atoms with Gasteiger partial charge in [-0.2, -0.15) is 5.10 Å². The number of aromatic nitrogens is 4. The van der Waals surface area contributed by atoms with E-state index in [0.717, 1.165) is 66.7 Å². The average Bonchev–Trinajstić information content (AvgIpc) is 3.21. The van der Waals surface area contributed by atoms with Crippen LogP contribution in [0.1, 0.15) is 43.1 Å². The molecule has 1 saturated heterocycles. The summed E-state index contributed by atoms with van der Waals surface area (Å²) in [5, 5.41) is 15.8. The fourth-order valence-electron chi connectivity index (χ4n) is 4.09. The number of hydrogen-bond acceptors (Lipinski definition) is 7. The summed E-state index contributed by atoms with van der Waals surface area (Å²) in [5.41, 5.74) is 4.34. The van der Waals surface area contributed by atoms with Crippen molar-refractivity contribution in [2.45, 2.75) is 44.6 Å². The molecular formula is C19H25N7O. The summed E-state index contributed by atoms with van der Waals surface area (Å²) in [4.78, 5) is 11.8. The second-order valence-corrected chi connectivity index (χ2v) is 7.69. The molecule has 2 aliphatic heterocycles. The number of anilines is 1. The third-order valence-electron chi connectivity index (χ3n) is 5.74. The first-order valence-electron chi connectivity index (χ1n) is 9.76. The fourth-order valence-corrected chi connectivity index (χ4v) is 4.09. The second kappa shape index (κ2) is 6.60. The highest BCUT2D eigenvalue weighted by molar-refractivity contribution is 5.79. The van der Waals surface area contributed by atoms with Gasteiger partial charge in [0, 0.05) is 37.0 Å². The van der Waals surface area contributed by atoms with E-state index in [0.29, 0.717) is 18.6 Å². The van der Waals surface area contributed by atoms with Crippen LogP contribution in [0, 0.1) is 12.3 Å². The molecule has 1 aliphatic carbocycles. The lowest BCUT2D eigenvalue weighted by atomic mass is 10.0. The minimum absolute atomic E-state index is 0.306. The van der Waals surface area contributed by atoms with E-state index in [-0.39, 0.29) is 0 Å². The number of hydrogen-bond donors (Lipinski definition) is 2. The summed E-state index contributed by atoms with van der Waals surface area (Å²) in [6.45, 7) is 5.09. The molecule has 27 heavy (non-hydrogen) atoms. The van der Waals surface area contributed by atoms with E-state index in [9.17, 15) is 0 Å². The lowest BCUT2D eigenvalue weighted by Crippen LogP contribution is -2.38. The Balaban J connectivity index is 1.54. The highest BCUT2D eigenvalue weighted by Gasteiger charge is 2.30. The van der Waals surface area contributed by atoms with Crippen LogP contribution in [0.3, 0.4) is 0 Å². The van der Waals surface area contributed by atoms with Gasteiger partial charge in [0.15, 0.2) is 5.82 Å². The van der Waals surface area contributed by atoms with Gasteiger partial charge in [-0.1, -0.05) is 0 Å². The quantitative estimate of drug-likeness (QED) is 0.783. The number of ether oxygens (including phenoxy) is 1. The predicted molar refractivity (Wildman–Crippen MR) is 102 cm³/mol. The van der Waals surface area contributed by atoms with Crippen molar-refractivity contribution in [3.05, 3.63) is 29.1 Å². The molecule has 2 fully saturated rings. The Morgan fingerprint density at radius 2 is 2.22 bits per heavy atom. The maximum absolute atomic E-state index is 7.75. The summed E-state index contributed by atoms with van der Waals surface area (Å²) < 4.78 is 7.52. The lowest BCUT2D eigenvalue weighted by Gasteiger charge is -2.31. The summed E-state index contributed by atoms with van der Waals surface area (Å²) in [7, 11) is 0. The van der Waals surface area contributed by atoms with Crippen LogP contribution in [-0.2, 0) is 4.74 Å². The standard InChI is InChI=1S/C19H25N7O/c1-12-23-17(14-5-7-27-10-14)18-19(21-11-22-26(12)18)25-6-4-13(8-20)16(9-25)24-15-2-3-15/h8,11,14-15,20,24H,2-7,9-10H2,1H3/t14-/m1/s1. The predicted octanol–water partition coefficient (Wildman–Crippen LogP) is 1.80. The minimum atomic E-state index is 0.306. The molecule has 0 amide bonds. The van der Waals surface area contributed by atoms with Crippen LogP contribution in [0.4, 0.5) is 5.82 Å². The molecule has 2 aromatic rings. The SMILES string of the molecule is Cc1nc([C@@H]2CCOC2)c2c(N3CCC(C=N)=C(NC4CC4)C3)ncnn12. The zero-order valence-electron chi connectivity index (χ0n) is 15.6. The van der Waals surface area contributed by atoms with E-state index in [2.05, 4.69) is 20.3 Å². The lowest BCUT2D eigenvalue weighted by molar-refractivity contribution is 0.193. The summed E-state index contributed by atoms with van der Waals surface area (Å²) >= 11 is 0. The fraction of sp³-hybridized carbons (Fsp3) is 0.579. The molecule has 142 valence electrons. The molecule has 0 bridgehead atoms. The number of imidazole rings is 1. The molecule has 0 radical (unpaired) electrons. The number of aryl methyl sites for hydroxylation is 1. The van der Waals surface area contributed by atoms with Crippen molar-refractivity contribution in [3.8, 4) is 0 Å². The largest absolute Gasteiger partial charge is 0.384 e. The molecule has 8 nitrogen and oxygen atoms in total. The molecule has 0 unspecified atom stereocenters. The van der Waals surface area contributed by atoms with Crippen molar-refractivity contribution in [3.63, 3.8) is 0 Å². The van der Waals surface area contributed by atoms with Gasteiger partial charge < -0.3 is 20.4 Å². The molecule has 0 spiro atoms. The second-order valence-electron chi connectivity index (χ2n) is 7.69. The van der Waals surface area contributed by atoms with Gasteiger partial charge in [0.2, 0.25) is 0 Å². The topological polar surface area (TPSA) is 91.4 Å². The molecule has 2 N–H and O–H groups in total. The number of nitrogens with one attached hydrogen (secondary N) is 2. The summed E-state index contributed by atoms with van der Waals surface area (Å²) in [6, 6.07) is 0.573. The molecule has 0 aromatic carbocycles. The van der Waals surface area contributed by atoms with Crippen molar-refractivity contribution in [2.75, 3.05) is 31.2 Å². The average molecular weight is 367 g/mol. The van der Waals surface area contributed by atoms with E-state index in [1.54, 1.807) is 6.33 Å². The van der Waals surface area contributed by atoms with Gasteiger partial charge in [0.1, 0.15) is 17.7 Å². The molecule has 2 aromatic heterocycles. The Kier molecular flexibility index (Phi) is 4.07. The van der Waals surface area contributed by atoms with Crippen LogP contribution in [0.2, 0.25) is 0 Å². The monoisotopic (exact) mass is 367 g/mol. The Hall–Kier alpha value is -2.48. The number of nitrogens with zero attached hydrogens (tertiary/aromatic N) is 5. The van der Waals surface area contributed by atoms with Gasteiger partial charge in [0.05, 0.1) is 18.8 Å². The van der Waals surface area contributed by atoms with Crippen LogP contribution >= 0.6 is 0 Å². The smallest absolute Gasteiger partial charge is 0.158 e. The van der Waals surface area contributed by atoms with Gasteiger partial charge in [0.25, 0.3) is 0 Å². The van der Waals surface area contributed by atoms with Crippen LogP contribution in [0.15, 0.2) is 17.6 Å². The molecule has 1 saturated carbocycles. The van der Waals surface area contributed by atoms with E-state index in [1.807, 2.05) is 11.4 Å². The first-order valence-corrected chi connectivity index (χ1v) is 9.76. The van der Waals surface area contributed by atoms with E-state index in [4.69, 9.17) is 15.1 Å². The van der Waals surface area contributed by atoms with Gasteiger partial charge in [-0.25, -0.2) is 14.5 Å². The van der Waals surface area contributed by atoms with Crippen molar-refractivity contribution in [1.82, 2.24) is 24.9 Å².